The van der Waals surface area contributed by atoms with E-state index < -0.39 is 5.60 Å². The Morgan fingerprint density at radius 3 is 2.62 bits per heavy atom. The molecule has 0 spiro atoms. The lowest BCUT2D eigenvalue weighted by Gasteiger charge is -2.30. The molecule has 0 saturated carbocycles. The second kappa shape index (κ2) is 3.69. The highest BCUT2D eigenvalue weighted by atomic mass is 79.9. The van der Waals surface area contributed by atoms with Crippen LogP contribution in [0.3, 0.4) is 0 Å². The van der Waals surface area contributed by atoms with Gasteiger partial charge in [0.15, 0.2) is 0 Å². The molecule has 4 heteroatoms. The first-order chi connectivity index (χ1) is 6.21. The Morgan fingerprint density at radius 1 is 1.38 bits per heavy atom. The smallest absolute Gasteiger partial charge is 0.103 e. The van der Waals surface area contributed by atoms with Crippen molar-refractivity contribution >= 4 is 27.3 Å². The Balaban J connectivity index is 2.22. The van der Waals surface area contributed by atoms with E-state index in [9.17, 15) is 5.11 Å². The van der Waals surface area contributed by atoms with E-state index in [1.165, 1.54) is 0 Å². The lowest BCUT2D eigenvalue weighted by atomic mass is 9.93. The zero-order chi connectivity index (χ0) is 9.31. The van der Waals surface area contributed by atoms with Crippen LogP contribution in [0.4, 0.5) is 0 Å². The summed E-state index contributed by atoms with van der Waals surface area (Å²) in [7, 11) is 0. The number of halogens is 1. The van der Waals surface area contributed by atoms with Crippen molar-refractivity contribution in [3.8, 4) is 0 Å². The van der Waals surface area contributed by atoms with E-state index in [1.807, 2.05) is 12.1 Å². The fourth-order valence-electron chi connectivity index (χ4n) is 1.52. The van der Waals surface area contributed by atoms with E-state index in [-0.39, 0.29) is 0 Å². The summed E-state index contributed by atoms with van der Waals surface area (Å²) in [5.41, 5.74) is -0.644. The first kappa shape index (κ1) is 9.65. The van der Waals surface area contributed by atoms with Gasteiger partial charge in [-0.15, -0.1) is 11.3 Å². The number of hydrogen-bond acceptors (Lipinski definition) is 3. The predicted molar refractivity (Wildman–Crippen MR) is 56.0 cm³/mol. The maximum absolute atomic E-state index is 10.3. The first-order valence-corrected chi connectivity index (χ1v) is 5.88. The average molecular weight is 263 g/mol. The van der Waals surface area contributed by atoms with Crippen molar-refractivity contribution in [2.24, 2.45) is 0 Å². The average Bonchev–Trinajstić information content (AvgIpc) is 2.54. The minimum absolute atomic E-state index is 0.644. The van der Waals surface area contributed by atoms with Crippen LogP contribution in [0.1, 0.15) is 17.7 Å². The molecule has 0 aliphatic carbocycles. The molecule has 1 N–H and O–H groups in total. The van der Waals surface area contributed by atoms with Crippen LogP contribution in [0.5, 0.6) is 0 Å². The van der Waals surface area contributed by atoms with Gasteiger partial charge in [-0.2, -0.15) is 0 Å². The summed E-state index contributed by atoms with van der Waals surface area (Å²) in [6.07, 6.45) is 1.42. The number of hydrogen-bond donors (Lipinski definition) is 1. The van der Waals surface area contributed by atoms with Gasteiger partial charge in [0, 0.05) is 30.9 Å². The molecule has 1 aromatic rings. The predicted octanol–water partition coefficient (Wildman–Crippen LogP) is 2.51. The number of rotatable bonds is 1. The molecular weight excluding hydrogens is 252 g/mol. The summed E-state index contributed by atoms with van der Waals surface area (Å²) < 4.78 is 6.30. The lowest BCUT2D eigenvalue weighted by molar-refractivity contribution is -0.0656. The Labute approximate surface area is 89.7 Å². The fourth-order valence-corrected chi connectivity index (χ4v) is 3.05. The fraction of sp³-hybridized carbons (Fsp3) is 0.556. The molecular formula is C9H11BrO2S. The molecule has 1 saturated heterocycles. The zero-order valence-electron chi connectivity index (χ0n) is 7.12. The Bertz CT molecular complexity index is 292. The summed E-state index contributed by atoms with van der Waals surface area (Å²) in [5.74, 6) is 0. The summed E-state index contributed by atoms with van der Waals surface area (Å²) in [4.78, 5) is 1.04. The molecule has 2 nitrogen and oxygen atoms in total. The van der Waals surface area contributed by atoms with E-state index in [1.54, 1.807) is 11.3 Å². The van der Waals surface area contributed by atoms with Crippen LogP contribution >= 0.6 is 27.3 Å². The standard InChI is InChI=1S/C9H11BrO2S/c10-8-2-1-7(13-8)9(11)3-5-12-6-4-9/h1-2,11H,3-6H2. The zero-order valence-corrected chi connectivity index (χ0v) is 9.53. The van der Waals surface area contributed by atoms with Gasteiger partial charge in [0.05, 0.1) is 3.79 Å². The molecule has 1 aromatic heterocycles. The molecule has 0 radical (unpaired) electrons. The van der Waals surface area contributed by atoms with Gasteiger partial charge in [-0.05, 0) is 28.1 Å². The van der Waals surface area contributed by atoms with Crippen molar-refractivity contribution in [3.05, 3.63) is 20.8 Å². The molecule has 1 fully saturated rings. The van der Waals surface area contributed by atoms with Gasteiger partial charge in [-0.3, -0.25) is 0 Å². The molecule has 0 unspecified atom stereocenters. The van der Waals surface area contributed by atoms with Crippen molar-refractivity contribution in [2.45, 2.75) is 18.4 Å². The van der Waals surface area contributed by atoms with Crippen LogP contribution in [-0.2, 0) is 10.3 Å². The van der Waals surface area contributed by atoms with Crippen LogP contribution in [0.25, 0.3) is 0 Å². The number of ether oxygens (including phenoxy) is 1. The summed E-state index contributed by atoms with van der Waals surface area (Å²) in [5, 5.41) is 10.3. The van der Waals surface area contributed by atoms with Crippen LogP contribution in [0.2, 0.25) is 0 Å². The highest BCUT2D eigenvalue weighted by molar-refractivity contribution is 9.11. The summed E-state index contributed by atoms with van der Waals surface area (Å²) in [6, 6.07) is 3.97. The second-order valence-electron chi connectivity index (χ2n) is 3.25. The normalized spacial score (nSPS) is 21.7. The van der Waals surface area contributed by atoms with E-state index in [4.69, 9.17) is 4.74 Å². The molecule has 1 aliphatic heterocycles. The molecule has 0 amide bonds. The molecule has 0 bridgehead atoms. The largest absolute Gasteiger partial charge is 0.384 e. The highest BCUT2D eigenvalue weighted by Crippen LogP contribution is 2.37. The third-order valence-corrected chi connectivity index (χ3v) is 4.17. The quantitative estimate of drug-likeness (QED) is 0.843. The Morgan fingerprint density at radius 2 is 2.08 bits per heavy atom. The molecule has 2 heterocycles. The van der Waals surface area contributed by atoms with Crippen molar-refractivity contribution in [1.29, 1.82) is 0 Å². The van der Waals surface area contributed by atoms with Gasteiger partial charge in [-0.25, -0.2) is 0 Å². The van der Waals surface area contributed by atoms with Crippen molar-refractivity contribution < 1.29 is 9.84 Å². The van der Waals surface area contributed by atoms with Crippen LogP contribution in [0.15, 0.2) is 15.9 Å². The van der Waals surface area contributed by atoms with Gasteiger partial charge in [0.25, 0.3) is 0 Å². The van der Waals surface area contributed by atoms with Gasteiger partial charge in [0.2, 0.25) is 0 Å². The van der Waals surface area contributed by atoms with Crippen molar-refractivity contribution in [3.63, 3.8) is 0 Å². The molecule has 13 heavy (non-hydrogen) atoms. The summed E-state index contributed by atoms with van der Waals surface area (Å²) in [6.45, 7) is 1.32. The van der Waals surface area contributed by atoms with E-state index in [2.05, 4.69) is 15.9 Å². The summed E-state index contributed by atoms with van der Waals surface area (Å²) >= 11 is 5.00. The van der Waals surface area contributed by atoms with Crippen LogP contribution in [0, 0.1) is 0 Å². The Hall–Kier alpha value is 0.1000. The topological polar surface area (TPSA) is 29.5 Å². The van der Waals surface area contributed by atoms with Crippen LogP contribution < -0.4 is 0 Å². The maximum atomic E-state index is 10.3. The monoisotopic (exact) mass is 262 g/mol. The van der Waals surface area contributed by atoms with Gasteiger partial charge < -0.3 is 9.84 Å². The SMILES string of the molecule is OC1(c2ccc(Br)s2)CCOCC1. The molecule has 2 rings (SSSR count). The second-order valence-corrected chi connectivity index (χ2v) is 5.71. The van der Waals surface area contributed by atoms with E-state index in [0.717, 1.165) is 8.66 Å². The first-order valence-electron chi connectivity index (χ1n) is 4.27. The van der Waals surface area contributed by atoms with Gasteiger partial charge in [-0.1, -0.05) is 0 Å². The minimum atomic E-state index is -0.644. The minimum Gasteiger partial charge on any atom is -0.384 e. The Kier molecular flexibility index (Phi) is 2.74. The number of aliphatic hydroxyl groups is 1. The van der Waals surface area contributed by atoms with Gasteiger partial charge >= 0.3 is 0 Å². The maximum Gasteiger partial charge on any atom is 0.103 e. The third kappa shape index (κ3) is 1.96. The molecule has 0 atom stereocenters. The third-order valence-electron chi connectivity index (χ3n) is 2.35. The van der Waals surface area contributed by atoms with Crippen molar-refractivity contribution in [2.75, 3.05) is 13.2 Å². The van der Waals surface area contributed by atoms with E-state index >= 15 is 0 Å². The van der Waals surface area contributed by atoms with E-state index in [0.29, 0.717) is 26.1 Å². The highest BCUT2D eigenvalue weighted by Gasteiger charge is 2.32. The molecule has 72 valence electrons. The van der Waals surface area contributed by atoms with Crippen molar-refractivity contribution in [1.82, 2.24) is 0 Å². The van der Waals surface area contributed by atoms with Gasteiger partial charge in [0.1, 0.15) is 5.60 Å². The molecule has 1 aliphatic rings. The van der Waals surface area contributed by atoms with Crippen LogP contribution in [-0.4, -0.2) is 18.3 Å². The molecule has 0 aromatic carbocycles. The number of thiophene rings is 1. The lowest BCUT2D eigenvalue weighted by Crippen LogP contribution is -2.32.